The molecule has 1 aromatic rings. The van der Waals surface area contributed by atoms with Crippen LogP contribution in [0.1, 0.15) is 58.4 Å². The summed E-state index contributed by atoms with van der Waals surface area (Å²) in [4.78, 5) is 12.4. The Labute approximate surface area is 151 Å². The summed E-state index contributed by atoms with van der Waals surface area (Å²) in [5.41, 5.74) is -0.489. The van der Waals surface area contributed by atoms with Gasteiger partial charge in [-0.25, -0.2) is 0 Å². The first-order chi connectivity index (χ1) is 11.9. The highest BCUT2D eigenvalue weighted by Crippen LogP contribution is 2.47. The number of carboxylic acid groups (broad SMARTS) is 1. The number of carbonyl (C=O) groups is 1. The zero-order valence-electron chi connectivity index (χ0n) is 16.3. The van der Waals surface area contributed by atoms with E-state index in [0.717, 1.165) is 32.1 Å². The van der Waals surface area contributed by atoms with E-state index in [4.69, 9.17) is 14.2 Å². The van der Waals surface area contributed by atoms with Gasteiger partial charge in [0.15, 0.2) is 11.5 Å². The molecular weight excluding hydrogens is 320 g/mol. The molecule has 1 aromatic carbocycles. The van der Waals surface area contributed by atoms with E-state index < -0.39 is 11.4 Å². The molecule has 1 rings (SSSR count). The molecule has 0 spiro atoms. The maximum atomic E-state index is 12.4. The zero-order chi connectivity index (χ0) is 19.0. The van der Waals surface area contributed by atoms with Gasteiger partial charge in [-0.3, -0.25) is 4.79 Å². The molecule has 0 aliphatic carbocycles. The molecule has 5 nitrogen and oxygen atoms in total. The van der Waals surface area contributed by atoms with Crippen molar-refractivity contribution in [2.45, 2.75) is 58.3 Å². The van der Waals surface area contributed by atoms with Crippen molar-refractivity contribution in [3.8, 4) is 17.2 Å². The van der Waals surface area contributed by atoms with E-state index in [9.17, 15) is 9.90 Å². The number of hydrogen-bond donors (Lipinski definition) is 1. The number of carboxylic acids is 1. The van der Waals surface area contributed by atoms with Crippen molar-refractivity contribution >= 4 is 5.97 Å². The molecule has 0 aliphatic heterocycles. The Morgan fingerprint density at radius 2 is 1.80 bits per heavy atom. The van der Waals surface area contributed by atoms with Gasteiger partial charge in [0, 0.05) is 11.6 Å². The molecule has 0 saturated heterocycles. The molecule has 1 N–H and O–H groups in total. The van der Waals surface area contributed by atoms with Gasteiger partial charge in [0.05, 0.1) is 26.7 Å². The standard InChI is InChI=1S/C20H32O5/c1-7-9-10-11-14(8-2)20(3,19(21)22)16-12-15(23-4)13-17(24-5)18(16)25-6/h12-14H,7-11H2,1-6H3,(H,21,22). The van der Waals surface area contributed by atoms with Gasteiger partial charge >= 0.3 is 5.97 Å². The monoisotopic (exact) mass is 352 g/mol. The van der Waals surface area contributed by atoms with Crippen molar-refractivity contribution in [1.29, 1.82) is 0 Å². The zero-order valence-corrected chi connectivity index (χ0v) is 16.3. The van der Waals surface area contributed by atoms with Crippen LogP contribution in [0.3, 0.4) is 0 Å². The summed E-state index contributed by atoms with van der Waals surface area (Å²) in [6.45, 7) is 5.97. The van der Waals surface area contributed by atoms with Crippen LogP contribution >= 0.6 is 0 Å². The largest absolute Gasteiger partial charge is 0.497 e. The number of methoxy groups -OCH3 is 3. The number of unbranched alkanes of at least 4 members (excludes halogenated alkanes) is 2. The molecule has 0 radical (unpaired) electrons. The normalized spacial score (nSPS) is 14.5. The highest BCUT2D eigenvalue weighted by molar-refractivity contribution is 5.83. The van der Waals surface area contributed by atoms with Crippen molar-refractivity contribution in [3.05, 3.63) is 17.7 Å². The maximum Gasteiger partial charge on any atom is 0.314 e. The van der Waals surface area contributed by atoms with Gasteiger partial charge in [-0.2, -0.15) is 0 Å². The summed E-state index contributed by atoms with van der Waals surface area (Å²) in [5.74, 6) is 0.630. The smallest absolute Gasteiger partial charge is 0.314 e. The molecule has 142 valence electrons. The van der Waals surface area contributed by atoms with Crippen LogP contribution in [0.4, 0.5) is 0 Å². The average molecular weight is 352 g/mol. The Hall–Kier alpha value is -1.91. The minimum atomic E-state index is -1.09. The van der Waals surface area contributed by atoms with Crippen LogP contribution in [-0.2, 0) is 10.2 Å². The molecule has 0 aliphatic rings. The summed E-state index contributed by atoms with van der Waals surface area (Å²) in [6, 6.07) is 3.47. The number of ether oxygens (including phenoxy) is 3. The van der Waals surface area contributed by atoms with Crippen molar-refractivity contribution in [1.82, 2.24) is 0 Å². The van der Waals surface area contributed by atoms with Gasteiger partial charge < -0.3 is 19.3 Å². The summed E-state index contributed by atoms with van der Waals surface area (Å²) in [6.07, 6.45) is 4.85. The lowest BCUT2D eigenvalue weighted by Gasteiger charge is -2.35. The summed E-state index contributed by atoms with van der Waals surface area (Å²) in [7, 11) is 4.63. The highest BCUT2D eigenvalue weighted by Gasteiger charge is 2.45. The second-order valence-electron chi connectivity index (χ2n) is 6.52. The molecule has 2 unspecified atom stereocenters. The van der Waals surface area contributed by atoms with E-state index in [1.165, 1.54) is 14.2 Å². The molecule has 0 amide bonds. The third-order valence-corrected chi connectivity index (χ3v) is 5.16. The topological polar surface area (TPSA) is 65.0 Å². The van der Waals surface area contributed by atoms with Crippen molar-refractivity contribution in [2.75, 3.05) is 21.3 Å². The Kier molecular flexibility index (Phi) is 8.07. The molecule has 2 atom stereocenters. The van der Waals surface area contributed by atoms with Gasteiger partial charge in [0.25, 0.3) is 0 Å². The number of rotatable bonds is 11. The average Bonchev–Trinajstić information content (AvgIpc) is 2.63. The molecule has 0 bridgehead atoms. The quantitative estimate of drug-likeness (QED) is 0.587. The van der Waals surface area contributed by atoms with E-state index in [2.05, 4.69) is 6.92 Å². The minimum absolute atomic E-state index is 0.0118. The lowest BCUT2D eigenvalue weighted by atomic mass is 9.68. The second-order valence-corrected chi connectivity index (χ2v) is 6.52. The first-order valence-corrected chi connectivity index (χ1v) is 8.94. The fraction of sp³-hybridized carbons (Fsp3) is 0.650. The Morgan fingerprint density at radius 1 is 1.12 bits per heavy atom. The van der Waals surface area contributed by atoms with Gasteiger partial charge in [-0.1, -0.05) is 39.5 Å². The fourth-order valence-corrected chi connectivity index (χ4v) is 3.49. The van der Waals surface area contributed by atoms with E-state index in [1.807, 2.05) is 6.92 Å². The minimum Gasteiger partial charge on any atom is -0.497 e. The maximum absolute atomic E-state index is 12.4. The number of benzene rings is 1. The van der Waals surface area contributed by atoms with Gasteiger partial charge in [0.1, 0.15) is 5.75 Å². The summed E-state index contributed by atoms with van der Waals surface area (Å²) < 4.78 is 16.3. The van der Waals surface area contributed by atoms with Crippen LogP contribution in [-0.4, -0.2) is 32.4 Å². The van der Waals surface area contributed by atoms with E-state index in [0.29, 0.717) is 22.8 Å². The van der Waals surface area contributed by atoms with Crippen LogP contribution < -0.4 is 14.2 Å². The predicted octanol–water partition coefficient (Wildman–Crippen LogP) is 4.66. The lowest BCUT2D eigenvalue weighted by molar-refractivity contribution is -0.145. The summed E-state index contributed by atoms with van der Waals surface area (Å²) >= 11 is 0. The SMILES string of the molecule is CCCCCC(CC)C(C)(C(=O)O)c1cc(OC)cc(OC)c1OC. The highest BCUT2D eigenvalue weighted by atomic mass is 16.5. The molecule has 0 heterocycles. The molecule has 0 saturated carbocycles. The van der Waals surface area contributed by atoms with Crippen molar-refractivity contribution < 1.29 is 24.1 Å². The van der Waals surface area contributed by atoms with E-state index in [-0.39, 0.29) is 5.92 Å². The number of aliphatic carboxylic acids is 1. The fourth-order valence-electron chi connectivity index (χ4n) is 3.49. The van der Waals surface area contributed by atoms with Gasteiger partial charge in [-0.05, 0) is 25.3 Å². The third kappa shape index (κ3) is 4.39. The first kappa shape index (κ1) is 21.1. The van der Waals surface area contributed by atoms with Gasteiger partial charge in [-0.15, -0.1) is 0 Å². The second kappa shape index (κ2) is 9.54. The number of hydrogen-bond acceptors (Lipinski definition) is 4. The van der Waals surface area contributed by atoms with Crippen LogP contribution in [0.25, 0.3) is 0 Å². The Balaban J connectivity index is 3.53. The summed E-state index contributed by atoms with van der Waals surface area (Å²) in [5, 5.41) is 10.2. The van der Waals surface area contributed by atoms with Crippen LogP contribution in [0.5, 0.6) is 17.2 Å². The van der Waals surface area contributed by atoms with E-state index in [1.54, 1.807) is 26.2 Å². The molecule has 0 aromatic heterocycles. The van der Waals surface area contributed by atoms with Crippen molar-refractivity contribution in [2.24, 2.45) is 5.92 Å². The van der Waals surface area contributed by atoms with Crippen LogP contribution in [0.15, 0.2) is 12.1 Å². The molecular formula is C20H32O5. The Bertz CT molecular complexity index is 569. The lowest BCUT2D eigenvalue weighted by Crippen LogP contribution is -2.40. The van der Waals surface area contributed by atoms with Crippen LogP contribution in [0.2, 0.25) is 0 Å². The Morgan fingerprint density at radius 3 is 2.24 bits per heavy atom. The molecule has 5 heteroatoms. The van der Waals surface area contributed by atoms with Crippen LogP contribution in [0, 0.1) is 5.92 Å². The first-order valence-electron chi connectivity index (χ1n) is 8.94. The third-order valence-electron chi connectivity index (χ3n) is 5.16. The molecule has 0 fully saturated rings. The van der Waals surface area contributed by atoms with E-state index >= 15 is 0 Å². The van der Waals surface area contributed by atoms with Crippen molar-refractivity contribution in [3.63, 3.8) is 0 Å². The predicted molar refractivity (Wildman–Crippen MR) is 99.0 cm³/mol. The molecule has 25 heavy (non-hydrogen) atoms. The van der Waals surface area contributed by atoms with Gasteiger partial charge in [0.2, 0.25) is 0 Å².